The minimum absolute atomic E-state index is 0.0208. The van der Waals surface area contributed by atoms with Gasteiger partial charge in [-0.1, -0.05) is 30.1 Å². The van der Waals surface area contributed by atoms with Gasteiger partial charge in [-0.25, -0.2) is 8.42 Å². The van der Waals surface area contributed by atoms with Crippen molar-refractivity contribution in [2.45, 2.75) is 24.3 Å². The molecule has 1 heterocycles. The average molecular weight is 512 g/mol. The van der Waals surface area contributed by atoms with Crippen molar-refractivity contribution >= 4 is 39.2 Å². The van der Waals surface area contributed by atoms with Crippen LogP contribution in [0.4, 0.5) is 0 Å². The van der Waals surface area contributed by atoms with Gasteiger partial charge >= 0.3 is 5.97 Å². The van der Waals surface area contributed by atoms with Crippen LogP contribution in [0.2, 0.25) is 10.0 Å². The monoisotopic (exact) mass is 511 g/mol. The van der Waals surface area contributed by atoms with E-state index in [1.54, 1.807) is 0 Å². The molecule has 0 amide bonds. The number of hydrogen-bond donors (Lipinski definition) is 0. The van der Waals surface area contributed by atoms with Crippen molar-refractivity contribution < 1.29 is 22.7 Å². The Bertz CT molecular complexity index is 1160. The number of halogens is 2. The summed E-state index contributed by atoms with van der Waals surface area (Å²) in [7, 11) is -3.04. The molecule has 2 aromatic carbocycles. The number of sulfonamides is 1. The molecule has 0 saturated carbocycles. The smallest absolute Gasteiger partial charge is 0.325 e. The summed E-state index contributed by atoms with van der Waals surface area (Å²) in [4.78, 5) is 14.3. The van der Waals surface area contributed by atoms with E-state index in [0.717, 1.165) is 4.31 Å². The Labute approximate surface area is 203 Å². The second kappa shape index (κ2) is 10.7. The Morgan fingerprint density at radius 3 is 2.48 bits per heavy atom. The number of nitrogens with zero attached hydrogens (tertiary/aromatic N) is 3. The van der Waals surface area contributed by atoms with Gasteiger partial charge in [0.15, 0.2) is 0 Å². The molecule has 0 aliphatic carbocycles. The summed E-state index contributed by atoms with van der Waals surface area (Å²) in [5.74, 6) is -0.446. The van der Waals surface area contributed by atoms with E-state index >= 15 is 0 Å². The molecule has 0 N–H and O–H groups in total. The van der Waals surface area contributed by atoms with Crippen molar-refractivity contribution in [2.24, 2.45) is 0 Å². The van der Waals surface area contributed by atoms with Crippen molar-refractivity contribution in [3.63, 3.8) is 0 Å². The van der Waals surface area contributed by atoms with Crippen LogP contribution < -0.4 is 4.74 Å². The van der Waals surface area contributed by atoms with Crippen LogP contribution in [-0.2, 0) is 19.6 Å². The van der Waals surface area contributed by atoms with Crippen LogP contribution in [0.5, 0.6) is 11.5 Å². The molecule has 33 heavy (non-hydrogen) atoms. The molecule has 3 rings (SSSR count). The third-order valence-electron chi connectivity index (χ3n) is 5.28. The fourth-order valence-electron chi connectivity index (χ4n) is 3.64. The van der Waals surface area contributed by atoms with E-state index in [1.807, 2.05) is 17.9 Å². The number of carbonyl (C=O) groups excluding carboxylic acids is 1. The van der Waals surface area contributed by atoms with Gasteiger partial charge in [0.25, 0.3) is 0 Å². The Balaban J connectivity index is 2.10. The highest BCUT2D eigenvalue weighted by Crippen LogP contribution is 2.35. The number of nitriles is 1. The molecular formula is C22H23Cl2N3O5S. The lowest BCUT2D eigenvalue weighted by atomic mass is 10.2. The lowest BCUT2D eigenvalue weighted by Crippen LogP contribution is -2.49. The van der Waals surface area contributed by atoms with Crippen LogP contribution in [0.3, 0.4) is 0 Å². The largest absolute Gasteiger partial charge is 0.468 e. The van der Waals surface area contributed by atoms with E-state index in [9.17, 15) is 18.5 Å². The molecule has 0 aromatic heterocycles. The third-order valence-corrected chi connectivity index (χ3v) is 7.64. The zero-order valence-corrected chi connectivity index (χ0v) is 20.5. The van der Waals surface area contributed by atoms with E-state index in [4.69, 9.17) is 32.7 Å². The Hall–Kier alpha value is -2.35. The molecular weight excluding hydrogens is 489 g/mol. The lowest BCUT2D eigenvalue weighted by Gasteiger charge is -2.29. The van der Waals surface area contributed by atoms with Crippen molar-refractivity contribution in [1.82, 2.24) is 9.21 Å². The Morgan fingerprint density at radius 2 is 1.88 bits per heavy atom. The van der Waals surface area contributed by atoms with Crippen LogP contribution in [0.25, 0.3) is 0 Å². The van der Waals surface area contributed by atoms with Crippen LogP contribution in [0, 0.1) is 11.3 Å². The van der Waals surface area contributed by atoms with E-state index in [2.05, 4.69) is 0 Å². The zero-order valence-electron chi connectivity index (χ0n) is 18.1. The molecule has 0 bridgehead atoms. The van der Waals surface area contributed by atoms with E-state index in [-0.39, 0.29) is 35.0 Å². The minimum Gasteiger partial charge on any atom is -0.468 e. The fraction of sp³-hybridized carbons (Fsp3) is 0.364. The minimum atomic E-state index is -4.26. The van der Waals surface area contributed by atoms with Crippen molar-refractivity contribution in [1.29, 1.82) is 5.26 Å². The second-order valence-electron chi connectivity index (χ2n) is 7.38. The average Bonchev–Trinajstić information content (AvgIpc) is 3.01. The number of ether oxygens (including phenoxy) is 2. The van der Waals surface area contributed by atoms with Crippen LogP contribution in [-0.4, -0.2) is 62.9 Å². The maximum atomic E-state index is 13.8. The zero-order chi connectivity index (χ0) is 24.2. The number of rotatable bonds is 6. The maximum absolute atomic E-state index is 13.8. The summed E-state index contributed by atoms with van der Waals surface area (Å²) in [5.41, 5.74) is 0.129. The molecule has 176 valence electrons. The Kier molecular flexibility index (Phi) is 8.21. The lowest BCUT2D eigenvalue weighted by molar-refractivity contribution is -0.145. The quantitative estimate of drug-likeness (QED) is 0.541. The van der Waals surface area contributed by atoms with Gasteiger partial charge in [0.1, 0.15) is 22.4 Å². The summed E-state index contributed by atoms with van der Waals surface area (Å²) < 4.78 is 39.5. The highest BCUT2D eigenvalue weighted by molar-refractivity contribution is 7.89. The summed E-state index contributed by atoms with van der Waals surface area (Å²) in [5, 5.41) is 9.99. The fourth-order valence-corrected chi connectivity index (χ4v) is 5.90. The van der Waals surface area contributed by atoms with Crippen molar-refractivity contribution in [3.8, 4) is 17.6 Å². The first-order valence-electron chi connectivity index (χ1n) is 10.2. The van der Waals surface area contributed by atoms with Gasteiger partial charge in [0.2, 0.25) is 10.0 Å². The molecule has 1 unspecified atom stereocenters. The number of hydrogen-bond acceptors (Lipinski definition) is 7. The topological polar surface area (TPSA) is 99.9 Å². The first kappa shape index (κ1) is 25.3. The second-order valence-corrected chi connectivity index (χ2v) is 10.1. The van der Waals surface area contributed by atoms with Gasteiger partial charge in [0, 0.05) is 23.1 Å². The van der Waals surface area contributed by atoms with Gasteiger partial charge in [-0.3, -0.25) is 4.79 Å². The number of carbonyl (C=O) groups is 1. The van der Waals surface area contributed by atoms with Crippen LogP contribution >= 0.6 is 23.2 Å². The van der Waals surface area contributed by atoms with Gasteiger partial charge < -0.3 is 14.4 Å². The number of likely N-dealkylation sites (N-methyl/N-ethyl adjacent to an activating group) is 1. The summed E-state index contributed by atoms with van der Waals surface area (Å²) in [6.07, 6.45) is 0.526. The molecule has 2 aromatic rings. The predicted molar refractivity (Wildman–Crippen MR) is 124 cm³/mol. The highest BCUT2D eigenvalue weighted by atomic mass is 35.5. The molecule has 1 atom stereocenters. The molecule has 11 heteroatoms. The van der Waals surface area contributed by atoms with Crippen LogP contribution in [0.1, 0.15) is 18.9 Å². The van der Waals surface area contributed by atoms with Crippen molar-refractivity contribution in [3.05, 3.63) is 52.0 Å². The summed E-state index contributed by atoms with van der Waals surface area (Å²) in [6.45, 7) is 3.54. The van der Waals surface area contributed by atoms with Gasteiger partial charge in [-0.2, -0.15) is 9.57 Å². The van der Waals surface area contributed by atoms with E-state index in [1.165, 1.54) is 43.5 Å². The third kappa shape index (κ3) is 5.78. The number of esters is 1. The van der Waals surface area contributed by atoms with Crippen LogP contribution in [0.15, 0.2) is 41.3 Å². The standard InChI is InChI=1S/C22H23Cl2N3O5S/c1-3-26-7-4-8-27(19(14-26)22(28)31-2)33(29,30)21-9-15(13-25)5-6-20(21)32-18-11-16(23)10-17(24)12-18/h5-6,9-12,19H,3-4,7-8,14H2,1-2H3. The molecule has 1 saturated heterocycles. The summed E-state index contributed by atoms with van der Waals surface area (Å²) >= 11 is 12.1. The number of benzene rings is 2. The molecule has 1 aliphatic rings. The van der Waals surface area contributed by atoms with Crippen molar-refractivity contribution in [2.75, 3.05) is 33.3 Å². The SMILES string of the molecule is CCN1CCCN(S(=O)(=O)c2cc(C#N)ccc2Oc2cc(Cl)cc(Cl)c2)C(C(=O)OC)C1. The predicted octanol–water partition coefficient (Wildman–Crippen LogP) is 3.92. The van der Waals surface area contributed by atoms with E-state index in [0.29, 0.717) is 29.6 Å². The maximum Gasteiger partial charge on any atom is 0.325 e. The van der Waals surface area contributed by atoms with E-state index < -0.39 is 22.0 Å². The Morgan fingerprint density at radius 1 is 1.18 bits per heavy atom. The molecule has 1 fully saturated rings. The first-order valence-corrected chi connectivity index (χ1v) is 12.4. The normalized spacial score (nSPS) is 17.7. The molecule has 0 radical (unpaired) electrons. The number of methoxy groups -OCH3 is 1. The highest BCUT2D eigenvalue weighted by Gasteiger charge is 2.40. The molecule has 1 aliphatic heterocycles. The van der Waals surface area contributed by atoms with Gasteiger partial charge in [-0.15, -0.1) is 0 Å². The summed E-state index contributed by atoms with van der Waals surface area (Å²) in [6, 6.07) is 9.47. The molecule has 0 spiro atoms. The van der Waals surface area contributed by atoms with Gasteiger partial charge in [-0.05, 0) is 55.9 Å². The van der Waals surface area contributed by atoms with Gasteiger partial charge in [0.05, 0.1) is 18.7 Å². The molecule has 8 nitrogen and oxygen atoms in total. The first-order chi connectivity index (χ1) is 15.7.